The van der Waals surface area contributed by atoms with Crippen molar-refractivity contribution in [1.29, 1.82) is 0 Å². The summed E-state index contributed by atoms with van der Waals surface area (Å²) in [6.45, 7) is 0. The largest absolute Gasteiger partial charge is 0.298 e. The topological polar surface area (TPSA) is 34.1 Å². The van der Waals surface area contributed by atoms with Crippen LogP contribution in [0.4, 0.5) is 0 Å². The molecule has 0 amide bonds. The zero-order chi connectivity index (χ0) is 8.97. The Morgan fingerprint density at radius 2 is 1.58 bits per heavy atom. The fourth-order valence-electron chi connectivity index (χ4n) is 0.896. The van der Waals surface area contributed by atoms with Crippen molar-refractivity contribution in [3.63, 3.8) is 0 Å². The first-order valence-electron chi connectivity index (χ1n) is 3.32. The minimum atomic E-state index is 0.424. The Hall–Kier alpha value is -1.88. The highest BCUT2D eigenvalue weighted by Crippen LogP contribution is 2.05. The number of hydrogen-bond donors (Lipinski definition) is 0. The van der Waals surface area contributed by atoms with Gasteiger partial charge in [-0.05, 0) is 18.2 Å². The molecule has 0 saturated heterocycles. The Balaban J connectivity index is 3.30. The monoisotopic (exact) mass is 158 g/mol. The van der Waals surface area contributed by atoms with Gasteiger partial charge in [0.25, 0.3) is 0 Å². The van der Waals surface area contributed by atoms with Gasteiger partial charge in [-0.15, -0.1) is 6.42 Å². The van der Waals surface area contributed by atoms with Crippen LogP contribution in [0.1, 0.15) is 26.3 Å². The number of hydrogen-bond acceptors (Lipinski definition) is 2. The maximum atomic E-state index is 10.4. The smallest absolute Gasteiger partial charge is 0.150 e. The summed E-state index contributed by atoms with van der Waals surface area (Å²) in [7, 11) is 0. The second-order valence-electron chi connectivity index (χ2n) is 2.27. The van der Waals surface area contributed by atoms with Crippen LogP contribution in [0.25, 0.3) is 0 Å². The fourth-order valence-corrected chi connectivity index (χ4v) is 0.896. The summed E-state index contributed by atoms with van der Waals surface area (Å²) < 4.78 is 0. The van der Waals surface area contributed by atoms with Crippen molar-refractivity contribution in [2.24, 2.45) is 0 Å². The molecule has 0 saturated carbocycles. The highest BCUT2D eigenvalue weighted by molar-refractivity contribution is 5.83. The average Bonchev–Trinajstić information content (AvgIpc) is 2.16. The van der Waals surface area contributed by atoms with E-state index in [9.17, 15) is 9.59 Å². The molecule has 0 aliphatic heterocycles. The number of aldehydes is 2. The Kier molecular flexibility index (Phi) is 2.39. The average molecular weight is 158 g/mol. The SMILES string of the molecule is C#Cc1cc(C=O)cc(C=O)c1. The van der Waals surface area contributed by atoms with Crippen LogP contribution in [0, 0.1) is 12.3 Å². The Labute approximate surface area is 70.2 Å². The standard InChI is InChI=1S/C10H6O2/c1-2-8-3-9(6-11)5-10(4-8)7-12/h1,3-7H. The van der Waals surface area contributed by atoms with E-state index < -0.39 is 0 Å². The summed E-state index contributed by atoms with van der Waals surface area (Å²) in [5.41, 5.74) is 1.39. The van der Waals surface area contributed by atoms with E-state index >= 15 is 0 Å². The summed E-state index contributed by atoms with van der Waals surface area (Å²) in [6.07, 6.45) is 6.44. The molecule has 0 aromatic heterocycles. The zero-order valence-electron chi connectivity index (χ0n) is 6.28. The van der Waals surface area contributed by atoms with Crippen LogP contribution >= 0.6 is 0 Å². The predicted octanol–water partition coefficient (Wildman–Crippen LogP) is 1.29. The van der Waals surface area contributed by atoms with Crippen molar-refractivity contribution >= 4 is 12.6 Å². The van der Waals surface area contributed by atoms with Crippen molar-refractivity contribution in [3.05, 3.63) is 34.9 Å². The molecule has 1 rings (SSSR count). The van der Waals surface area contributed by atoms with Crippen molar-refractivity contribution in [1.82, 2.24) is 0 Å². The molecule has 0 aliphatic rings. The van der Waals surface area contributed by atoms with E-state index in [0.717, 1.165) is 0 Å². The van der Waals surface area contributed by atoms with E-state index in [0.29, 0.717) is 29.3 Å². The molecule has 0 bridgehead atoms. The molecule has 0 spiro atoms. The van der Waals surface area contributed by atoms with Crippen LogP contribution < -0.4 is 0 Å². The summed E-state index contributed by atoms with van der Waals surface area (Å²) in [4.78, 5) is 20.7. The highest BCUT2D eigenvalue weighted by Gasteiger charge is 1.96. The van der Waals surface area contributed by atoms with Crippen LogP contribution in [0.15, 0.2) is 18.2 Å². The van der Waals surface area contributed by atoms with E-state index in [-0.39, 0.29) is 0 Å². The third-order valence-corrected chi connectivity index (χ3v) is 1.42. The predicted molar refractivity (Wildman–Crippen MR) is 45.2 cm³/mol. The Morgan fingerprint density at radius 1 is 1.08 bits per heavy atom. The van der Waals surface area contributed by atoms with Crippen molar-refractivity contribution in [3.8, 4) is 12.3 Å². The van der Waals surface area contributed by atoms with Gasteiger partial charge < -0.3 is 0 Å². The lowest BCUT2D eigenvalue weighted by Crippen LogP contribution is -1.87. The fraction of sp³-hybridized carbons (Fsp3) is 0. The maximum absolute atomic E-state index is 10.4. The van der Waals surface area contributed by atoms with Crippen molar-refractivity contribution in [2.45, 2.75) is 0 Å². The van der Waals surface area contributed by atoms with E-state index in [1.807, 2.05) is 0 Å². The first-order chi connectivity index (χ1) is 5.80. The van der Waals surface area contributed by atoms with Crippen LogP contribution in [-0.4, -0.2) is 12.6 Å². The normalized spacial score (nSPS) is 8.58. The molecule has 0 fully saturated rings. The van der Waals surface area contributed by atoms with Gasteiger partial charge in [-0.3, -0.25) is 9.59 Å². The van der Waals surface area contributed by atoms with Gasteiger partial charge in [0.2, 0.25) is 0 Å². The van der Waals surface area contributed by atoms with E-state index in [1.54, 1.807) is 12.1 Å². The molecule has 1 aromatic rings. The molecule has 58 valence electrons. The molecule has 1 aromatic carbocycles. The highest BCUT2D eigenvalue weighted by atomic mass is 16.1. The van der Waals surface area contributed by atoms with Gasteiger partial charge >= 0.3 is 0 Å². The molecule has 2 nitrogen and oxygen atoms in total. The van der Waals surface area contributed by atoms with Crippen molar-refractivity contribution in [2.75, 3.05) is 0 Å². The minimum absolute atomic E-state index is 0.424. The van der Waals surface area contributed by atoms with E-state index in [2.05, 4.69) is 5.92 Å². The first-order valence-corrected chi connectivity index (χ1v) is 3.32. The quantitative estimate of drug-likeness (QED) is 0.480. The molecule has 0 heterocycles. The van der Waals surface area contributed by atoms with Gasteiger partial charge in [0, 0.05) is 16.7 Å². The number of carbonyl (C=O) groups excluding carboxylic acids is 2. The van der Waals surface area contributed by atoms with Crippen LogP contribution in [0.5, 0.6) is 0 Å². The van der Waals surface area contributed by atoms with Crippen molar-refractivity contribution < 1.29 is 9.59 Å². The molecular formula is C10H6O2. The lowest BCUT2D eigenvalue weighted by molar-refractivity contribution is 0.112. The van der Waals surface area contributed by atoms with Gasteiger partial charge in [-0.2, -0.15) is 0 Å². The molecule has 2 heteroatoms. The van der Waals surface area contributed by atoms with Crippen LogP contribution in [0.3, 0.4) is 0 Å². The molecule has 0 atom stereocenters. The number of rotatable bonds is 2. The third-order valence-electron chi connectivity index (χ3n) is 1.42. The Bertz CT molecular complexity index is 332. The first kappa shape index (κ1) is 8.22. The van der Waals surface area contributed by atoms with Gasteiger partial charge in [0.1, 0.15) is 12.6 Å². The molecule has 0 radical (unpaired) electrons. The van der Waals surface area contributed by atoms with E-state index in [1.165, 1.54) is 6.07 Å². The second kappa shape index (κ2) is 3.49. The lowest BCUT2D eigenvalue weighted by Gasteiger charge is -1.95. The number of terminal acetylenes is 1. The summed E-state index contributed by atoms with van der Waals surface area (Å²) in [6, 6.07) is 4.60. The second-order valence-corrected chi connectivity index (χ2v) is 2.27. The van der Waals surface area contributed by atoms with Gasteiger partial charge in [0.05, 0.1) is 0 Å². The molecular weight excluding hydrogens is 152 g/mol. The summed E-state index contributed by atoms with van der Waals surface area (Å²) >= 11 is 0. The minimum Gasteiger partial charge on any atom is -0.298 e. The van der Waals surface area contributed by atoms with Gasteiger partial charge in [-0.1, -0.05) is 5.92 Å². The molecule has 0 aliphatic carbocycles. The molecule has 0 unspecified atom stereocenters. The molecule has 12 heavy (non-hydrogen) atoms. The van der Waals surface area contributed by atoms with E-state index in [4.69, 9.17) is 6.42 Å². The van der Waals surface area contributed by atoms with Gasteiger partial charge in [0.15, 0.2) is 0 Å². The maximum Gasteiger partial charge on any atom is 0.150 e. The lowest BCUT2D eigenvalue weighted by atomic mass is 10.1. The van der Waals surface area contributed by atoms with Crippen LogP contribution in [0.2, 0.25) is 0 Å². The Morgan fingerprint density at radius 3 is 1.92 bits per heavy atom. The molecule has 0 N–H and O–H groups in total. The third kappa shape index (κ3) is 1.58. The number of benzene rings is 1. The van der Waals surface area contributed by atoms with Gasteiger partial charge in [-0.25, -0.2) is 0 Å². The summed E-state index contributed by atoms with van der Waals surface area (Å²) in [5, 5.41) is 0. The zero-order valence-corrected chi connectivity index (χ0v) is 6.28. The summed E-state index contributed by atoms with van der Waals surface area (Å²) in [5.74, 6) is 2.36. The number of carbonyl (C=O) groups is 2. The van der Waals surface area contributed by atoms with Crippen LogP contribution in [-0.2, 0) is 0 Å².